The van der Waals surface area contributed by atoms with E-state index in [4.69, 9.17) is 9.15 Å². The minimum absolute atomic E-state index is 0.123. The van der Waals surface area contributed by atoms with E-state index in [1.165, 1.54) is 10.4 Å². The van der Waals surface area contributed by atoms with Gasteiger partial charge in [-0.2, -0.15) is 4.31 Å². The van der Waals surface area contributed by atoms with E-state index in [0.29, 0.717) is 37.6 Å². The van der Waals surface area contributed by atoms with Crippen molar-refractivity contribution in [3.05, 3.63) is 53.5 Å². The molecular weight excluding hydrogens is 368 g/mol. The summed E-state index contributed by atoms with van der Waals surface area (Å²) in [5.74, 6) is 0.413. The number of ether oxygens (including phenoxy) is 1. The Balaban J connectivity index is 1.90. The van der Waals surface area contributed by atoms with Crippen molar-refractivity contribution in [2.45, 2.75) is 24.8 Å². The summed E-state index contributed by atoms with van der Waals surface area (Å²) in [7, 11) is -1.98. The van der Waals surface area contributed by atoms with E-state index in [-0.39, 0.29) is 16.8 Å². The van der Waals surface area contributed by atoms with Gasteiger partial charge in [-0.3, -0.25) is 4.79 Å². The minimum atomic E-state index is -3.66. The predicted octanol–water partition coefficient (Wildman–Crippen LogP) is 2.44. The van der Waals surface area contributed by atoms with Crippen molar-refractivity contribution in [1.82, 2.24) is 9.21 Å². The van der Waals surface area contributed by atoms with E-state index in [9.17, 15) is 13.2 Å². The van der Waals surface area contributed by atoms with E-state index in [1.54, 1.807) is 49.4 Å². The van der Waals surface area contributed by atoms with Crippen LogP contribution in [0.2, 0.25) is 0 Å². The fourth-order valence-corrected chi connectivity index (χ4v) is 4.45. The minimum Gasteiger partial charge on any atom is -0.467 e. The number of aryl methyl sites for hydroxylation is 1. The maximum Gasteiger partial charge on any atom is 0.254 e. The van der Waals surface area contributed by atoms with Gasteiger partial charge in [0.25, 0.3) is 5.91 Å². The van der Waals surface area contributed by atoms with Gasteiger partial charge >= 0.3 is 0 Å². The van der Waals surface area contributed by atoms with Crippen molar-refractivity contribution in [1.29, 1.82) is 0 Å². The summed E-state index contributed by atoms with van der Waals surface area (Å²) in [5.41, 5.74) is 1.09. The number of sulfonamides is 1. The summed E-state index contributed by atoms with van der Waals surface area (Å²) in [6.45, 7) is 5.04. The summed E-state index contributed by atoms with van der Waals surface area (Å²) >= 11 is 0. The van der Waals surface area contributed by atoms with Gasteiger partial charge in [-0.1, -0.05) is 6.07 Å². The molecule has 146 valence electrons. The van der Waals surface area contributed by atoms with Crippen LogP contribution in [-0.4, -0.2) is 56.9 Å². The number of carbonyl (C=O) groups excluding carboxylic acids is 1. The first kappa shape index (κ1) is 19.6. The van der Waals surface area contributed by atoms with Crippen LogP contribution in [0, 0.1) is 6.92 Å². The molecule has 1 saturated heterocycles. The molecule has 7 nitrogen and oxygen atoms in total. The molecule has 0 spiro atoms. The van der Waals surface area contributed by atoms with E-state index >= 15 is 0 Å². The highest BCUT2D eigenvalue weighted by atomic mass is 32.2. The van der Waals surface area contributed by atoms with E-state index in [0.717, 1.165) is 5.56 Å². The van der Waals surface area contributed by atoms with Gasteiger partial charge in [0.2, 0.25) is 10.0 Å². The Morgan fingerprint density at radius 2 is 1.93 bits per heavy atom. The molecule has 3 rings (SSSR count). The third-order valence-electron chi connectivity index (χ3n) is 4.90. The maximum atomic E-state index is 13.0. The second kappa shape index (κ2) is 7.84. The molecule has 2 heterocycles. The van der Waals surface area contributed by atoms with Crippen molar-refractivity contribution in [3.8, 4) is 0 Å². The van der Waals surface area contributed by atoms with Gasteiger partial charge < -0.3 is 14.1 Å². The molecule has 1 aromatic carbocycles. The molecule has 1 aromatic heterocycles. The first-order valence-electron chi connectivity index (χ1n) is 8.81. The standard InChI is InChI=1S/C19H24N2O5S/c1-14-6-7-16(27(23,24)21-8-11-25-12-9-21)13-17(14)19(22)20(3)15(2)18-5-4-10-26-18/h4-7,10,13,15H,8-9,11-12H2,1-3H3. The van der Waals surface area contributed by atoms with Gasteiger partial charge in [0.05, 0.1) is 30.4 Å². The highest BCUT2D eigenvalue weighted by Crippen LogP contribution is 2.25. The summed E-state index contributed by atoms with van der Waals surface area (Å²) < 4.78 is 37.8. The number of rotatable bonds is 5. The number of amides is 1. The zero-order valence-electron chi connectivity index (χ0n) is 15.7. The Kier molecular flexibility index (Phi) is 5.69. The van der Waals surface area contributed by atoms with Gasteiger partial charge in [-0.15, -0.1) is 0 Å². The Labute approximate surface area is 159 Å². The predicted molar refractivity (Wildman–Crippen MR) is 100.0 cm³/mol. The summed E-state index contributed by atoms with van der Waals surface area (Å²) in [6.07, 6.45) is 1.56. The number of furan rings is 1. The molecule has 0 aliphatic carbocycles. The third-order valence-corrected chi connectivity index (χ3v) is 6.80. The first-order valence-corrected chi connectivity index (χ1v) is 10.3. The molecule has 1 aliphatic heterocycles. The molecule has 1 unspecified atom stereocenters. The Morgan fingerprint density at radius 1 is 1.22 bits per heavy atom. The molecule has 0 N–H and O–H groups in total. The van der Waals surface area contributed by atoms with Gasteiger partial charge in [0.1, 0.15) is 5.76 Å². The Hall–Kier alpha value is -2.16. The van der Waals surface area contributed by atoms with Crippen LogP contribution in [0.25, 0.3) is 0 Å². The summed E-state index contributed by atoms with van der Waals surface area (Å²) in [5, 5.41) is 0. The molecule has 8 heteroatoms. The van der Waals surface area contributed by atoms with Crippen LogP contribution in [0.5, 0.6) is 0 Å². The number of nitrogens with zero attached hydrogens (tertiary/aromatic N) is 2. The second-order valence-corrected chi connectivity index (χ2v) is 8.54. The zero-order chi connectivity index (χ0) is 19.6. The largest absolute Gasteiger partial charge is 0.467 e. The lowest BCUT2D eigenvalue weighted by molar-refractivity contribution is 0.0722. The molecule has 0 bridgehead atoms. The van der Waals surface area contributed by atoms with Crippen molar-refractivity contribution in [3.63, 3.8) is 0 Å². The summed E-state index contributed by atoms with van der Waals surface area (Å²) in [4.78, 5) is 14.7. The zero-order valence-corrected chi connectivity index (χ0v) is 16.5. The smallest absolute Gasteiger partial charge is 0.254 e. The number of morpholine rings is 1. The molecule has 2 aromatic rings. The fraction of sp³-hybridized carbons (Fsp3) is 0.421. The van der Waals surface area contributed by atoms with Crippen LogP contribution < -0.4 is 0 Å². The van der Waals surface area contributed by atoms with Gasteiger partial charge in [-0.25, -0.2) is 8.42 Å². The second-order valence-electron chi connectivity index (χ2n) is 6.60. The van der Waals surface area contributed by atoms with E-state index in [1.807, 2.05) is 6.92 Å². The fourth-order valence-electron chi connectivity index (χ4n) is 3.01. The topological polar surface area (TPSA) is 80.1 Å². The van der Waals surface area contributed by atoms with Crippen LogP contribution >= 0.6 is 0 Å². The Morgan fingerprint density at radius 3 is 2.56 bits per heavy atom. The molecule has 1 atom stereocenters. The Bertz CT molecular complexity index is 902. The molecule has 27 heavy (non-hydrogen) atoms. The third kappa shape index (κ3) is 3.92. The lowest BCUT2D eigenvalue weighted by Gasteiger charge is -2.27. The average Bonchev–Trinajstić information content (AvgIpc) is 3.22. The molecule has 1 amide bonds. The van der Waals surface area contributed by atoms with E-state index in [2.05, 4.69) is 0 Å². The van der Waals surface area contributed by atoms with Crippen molar-refractivity contribution < 1.29 is 22.4 Å². The summed E-state index contributed by atoms with van der Waals surface area (Å²) in [6, 6.07) is 7.99. The number of hydrogen-bond acceptors (Lipinski definition) is 5. The number of benzene rings is 1. The molecule has 0 saturated carbocycles. The van der Waals surface area contributed by atoms with Crippen LogP contribution in [0.15, 0.2) is 45.9 Å². The normalized spacial score (nSPS) is 16.9. The lowest BCUT2D eigenvalue weighted by atomic mass is 10.1. The number of hydrogen-bond donors (Lipinski definition) is 0. The molecule has 1 aliphatic rings. The van der Waals surface area contributed by atoms with Crippen LogP contribution in [-0.2, 0) is 14.8 Å². The lowest BCUT2D eigenvalue weighted by Crippen LogP contribution is -2.40. The van der Waals surface area contributed by atoms with Crippen molar-refractivity contribution in [2.75, 3.05) is 33.4 Å². The highest BCUT2D eigenvalue weighted by molar-refractivity contribution is 7.89. The van der Waals surface area contributed by atoms with Gasteiger partial charge in [-0.05, 0) is 43.7 Å². The molecule has 1 fully saturated rings. The maximum absolute atomic E-state index is 13.0. The quantitative estimate of drug-likeness (QED) is 0.781. The van der Waals surface area contributed by atoms with Crippen molar-refractivity contribution in [2.24, 2.45) is 0 Å². The highest BCUT2D eigenvalue weighted by Gasteiger charge is 2.28. The van der Waals surface area contributed by atoms with Gasteiger partial charge in [0.15, 0.2) is 0 Å². The molecule has 0 radical (unpaired) electrons. The number of carbonyl (C=O) groups is 1. The van der Waals surface area contributed by atoms with Gasteiger partial charge in [0, 0.05) is 25.7 Å². The SMILES string of the molecule is Cc1ccc(S(=O)(=O)N2CCOCC2)cc1C(=O)N(C)C(C)c1ccco1. The monoisotopic (exact) mass is 392 g/mol. The van der Waals surface area contributed by atoms with Crippen LogP contribution in [0.4, 0.5) is 0 Å². The molecular formula is C19H24N2O5S. The average molecular weight is 392 g/mol. The van der Waals surface area contributed by atoms with Crippen LogP contribution in [0.3, 0.4) is 0 Å². The van der Waals surface area contributed by atoms with E-state index < -0.39 is 10.0 Å². The van der Waals surface area contributed by atoms with Crippen LogP contribution in [0.1, 0.15) is 34.6 Å². The first-order chi connectivity index (χ1) is 12.8. The van der Waals surface area contributed by atoms with Crippen molar-refractivity contribution >= 4 is 15.9 Å².